The molecule has 0 heterocycles. The number of ketones is 1. The Labute approximate surface area is 60.9 Å². The quantitative estimate of drug-likeness (QED) is 0.632. The number of allylic oxidation sites excluding steroid dienone is 2. The lowest BCUT2D eigenvalue weighted by Gasteiger charge is -2.19. The lowest BCUT2D eigenvalue weighted by molar-refractivity contribution is -0.167. The van der Waals surface area contributed by atoms with Crippen LogP contribution < -0.4 is 5.73 Å². The zero-order chi connectivity index (χ0) is 8.65. The monoisotopic (exact) mass is 165 g/mol. The molecule has 2 N–H and O–H groups in total. The lowest BCUT2D eigenvalue weighted by Crippen LogP contribution is -2.30. The molecule has 0 amide bonds. The highest BCUT2D eigenvalue weighted by atomic mass is 19.4. The molecule has 1 rings (SSSR count). The summed E-state index contributed by atoms with van der Waals surface area (Å²) in [5.41, 5.74) is 4.89. The predicted molar refractivity (Wildman–Crippen MR) is 31.5 cm³/mol. The van der Waals surface area contributed by atoms with Crippen LogP contribution >= 0.6 is 0 Å². The molecule has 0 saturated carbocycles. The van der Waals surface area contributed by atoms with Crippen LogP contribution in [0.2, 0.25) is 0 Å². The van der Waals surface area contributed by atoms with E-state index in [1.807, 2.05) is 0 Å². The van der Waals surface area contributed by atoms with E-state index >= 15 is 0 Å². The molecule has 0 aromatic carbocycles. The Balaban J connectivity index is 2.79. The van der Waals surface area contributed by atoms with E-state index in [9.17, 15) is 18.0 Å². The Bertz CT molecular complexity index is 228. The van der Waals surface area contributed by atoms with Crippen LogP contribution in [0, 0.1) is 0 Å². The largest absolute Gasteiger partial charge is 0.454 e. The molecule has 11 heavy (non-hydrogen) atoms. The standard InChI is InChI=1S/C6H6F3NO/c7-6(8,9)5(11)3-1-2-4(3)10/h1-2,10H2. The number of halogens is 3. The van der Waals surface area contributed by atoms with Gasteiger partial charge in [-0.15, -0.1) is 0 Å². The van der Waals surface area contributed by atoms with E-state index < -0.39 is 12.0 Å². The first-order valence-electron chi connectivity index (χ1n) is 3.02. The molecule has 2 nitrogen and oxygen atoms in total. The fraction of sp³-hybridized carbons (Fsp3) is 0.500. The van der Waals surface area contributed by atoms with Gasteiger partial charge in [0.05, 0.1) is 0 Å². The molecule has 0 radical (unpaired) electrons. The van der Waals surface area contributed by atoms with Crippen molar-refractivity contribution in [3.8, 4) is 0 Å². The van der Waals surface area contributed by atoms with Crippen molar-refractivity contribution in [2.24, 2.45) is 5.73 Å². The number of hydrogen-bond donors (Lipinski definition) is 1. The number of hydrogen-bond acceptors (Lipinski definition) is 2. The normalized spacial score (nSPS) is 18.1. The number of rotatable bonds is 1. The number of Topliss-reactive ketones (excluding diaryl/α,β-unsaturated/α-hetero) is 1. The second-order valence-electron chi connectivity index (χ2n) is 2.33. The van der Waals surface area contributed by atoms with Crippen LogP contribution in [0.1, 0.15) is 12.8 Å². The molecule has 0 fully saturated rings. The van der Waals surface area contributed by atoms with Gasteiger partial charge in [-0.05, 0) is 12.8 Å². The summed E-state index contributed by atoms with van der Waals surface area (Å²) >= 11 is 0. The minimum absolute atomic E-state index is 0.0762. The van der Waals surface area contributed by atoms with Crippen molar-refractivity contribution in [1.82, 2.24) is 0 Å². The van der Waals surface area contributed by atoms with Gasteiger partial charge in [0.25, 0.3) is 5.78 Å². The van der Waals surface area contributed by atoms with Crippen molar-refractivity contribution in [2.75, 3.05) is 0 Å². The summed E-state index contributed by atoms with van der Waals surface area (Å²) in [6.07, 6.45) is -4.21. The van der Waals surface area contributed by atoms with Gasteiger partial charge in [-0.3, -0.25) is 4.79 Å². The molecule has 0 aromatic rings. The summed E-state index contributed by atoms with van der Waals surface area (Å²) in [4.78, 5) is 10.4. The third-order valence-electron chi connectivity index (χ3n) is 1.56. The summed E-state index contributed by atoms with van der Waals surface area (Å²) in [6.45, 7) is 0. The van der Waals surface area contributed by atoms with Gasteiger partial charge in [0.15, 0.2) is 0 Å². The fourth-order valence-electron chi connectivity index (χ4n) is 0.825. The highest BCUT2D eigenvalue weighted by molar-refractivity contribution is 6.01. The van der Waals surface area contributed by atoms with Crippen molar-refractivity contribution >= 4 is 5.78 Å². The Hall–Kier alpha value is -1.00. The van der Waals surface area contributed by atoms with Crippen LogP contribution in [0.4, 0.5) is 13.2 Å². The van der Waals surface area contributed by atoms with Gasteiger partial charge in [-0.2, -0.15) is 13.2 Å². The van der Waals surface area contributed by atoms with Gasteiger partial charge in [0.1, 0.15) is 0 Å². The molecule has 0 saturated heterocycles. The number of nitrogens with two attached hydrogens (primary N) is 1. The fourth-order valence-corrected chi connectivity index (χ4v) is 0.825. The Morgan fingerprint density at radius 3 is 2.00 bits per heavy atom. The Morgan fingerprint density at radius 2 is 1.91 bits per heavy atom. The van der Waals surface area contributed by atoms with Crippen LogP contribution in [0.5, 0.6) is 0 Å². The number of alkyl halides is 3. The van der Waals surface area contributed by atoms with Crippen LogP contribution in [0.25, 0.3) is 0 Å². The average molecular weight is 165 g/mol. The summed E-state index contributed by atoms with van der Waals surface area (Å²) < 4.78 is 35.0. The van der Waals surface area contributed by atoms with Crippen LogP contribution in [-0.4, -0.2) is 12.0 Å². The summed E-state index contributed by atoms with van der Waals surface area (Å²) in [5.74, 6) is -1.79. The highest BCUT2D eigenvalue weighted by Crippen LogP contribution is 2.31. The van der Waals surface area contributed by atoms with E-state index in [-0.39, 0.29) is 17.7 Å². The van der Waals surface area contributed by atoms with E-state index in [1.54, 1.807) is 0 Å². The molecule has 0 bridgehead atoms. The SMILES string of the molecule is NC1=C(C(=O)C(F)(F)F)CC1. The van der Waals surface area contributed by atoms with Gasteiger partial charge in [0, 0.05) is 11.3 Å². The first-order valence-corrected chi connectivity index (χ1v) is 3.02. The highest BCUT2D eigenvalue weighted by Gasteiger charge is 2.43. The first-order chi connectivity index (χ1) is 4.93. The molecule has 1 aliphatic rings. The van der Waals surface area contributed by atoms with Crippen LogP contribution in [0.3, 0.4) is 0 Å². The molecule has 0 aliphatic heterocycles. The number of carbonyl (C=O) groups excluding carboxylic acids is 1. The maximum Gasteiger partial charge on any atom is 0.454 e. The maximum atomic E-state index is 11.7. The molecule has 0 atom stereocenters. The maximum absolute atomic E-state index is 11.7. The molecule has 0 aromatic heterocycles. The minimum Gasteiger partial charge on any atom is -0.402 e. The lowest BCUT2D eigenvalue weighted by atomic mass is 9.91. The van der Waals surface area contributed by atoms with E-state index in [1.165, 1.54) is 0 Å². The summed E-state index contributed by atoms with van der Waals surface area (Å²) in [7, 11) is 0. The first kappa shape index (κ1) is 8.10. The van der Waals surface area contributed by atoms with E-state index in [0.717, 1.165) is 0 Å². The molecule has 5 heteroatoms. The molecule has 0 unspecified atom stereocenters. The average Bonchev–Trinajstić information content (AvgIpc) is 1.83. The topological polar surface area (TPSA) is 43.1 Å². The van der Waals surface area contributed by atoms with Crippen molar-refractivity contribution in [3.63, 3.8) is 0 Å². The van der Waals surface area contributed by atoms with Crippen molar-refractivity contribution in [2.45, 2.75) is 19.0 Å². The van der Waals surface area contributed by atoms with Crippen molar-refractivity contribution < 1.29 is 18.0 Å². The van der Waals surface area contributed by atoms with Gasteiger partial charge in [-0.25, -0.2) is 0 Å². The van der Waals surface area contributed by atoms with E-state index in [0.29, 0.717) is 6.42 Å². The summed E-state index contributed by atoms with van der Waals surface area (Å²) in [5, 5.41) is 0. The second kappa shape index (κ2) is 2.25. The zero-order valence-electron chi connectivity index (χ0n) is 5.53. The van der Waals surface area contributed by atoms with Gasteiger partial charge in [0.2, 0.25) is 0 Å². The third-order valence-corrected chi connectivity index (χ3v) is 1.56. The van der Waals surface area contributed by atoms with Crippen LogP contribution in [-0.2, 0) is 4.79 Å². The number of carbonyl (C=O) groups is 1. The van der Waals surface area contributed by atoms with Crippen LogP contribution in [0.15, 0.2) is 11.3 Å². The van der Waals surface area contributed by atoms with Crippen molar-refractivity contribution in [1.29, 1.82) is 0 Å². The minimum atomic E-state index is -4.76. The summed E-state index contributed by atoms with van der Waals surface area (Å²) in [6, 6.07) is 0. The van der Waals surface area contributed by atoms with E-state index in [4.69, 9.17) is 5.73 Å². The second-order valence-corrected chi connectivity index (χ2v) is 2.33. The zero-order valence-corrected chi connectivity index (χ0v) is 5.53. The predicted octanol–water partition coefficient (Wildman–Crippen LogP) is 1.12. The van der Waals surface area contributed by atoms with Gasteiger partial charge in [-0.1, -0.05) is 0 Å². The Kier molecular flexibility index (Phi) is 1.66. The molecule has 1 aliphatic carbocycles. The third kappa shape index (κ3) is 1.36. The van der Waals surface area contributed by atoms with Crippen molar-refractivity contribution in [3.05, 3.63) is 11.3 Å². The van der Waals surface area contributed by atoms with Gasteiger partial charge >= 0.3 is 6.18 Å². The molecule has 0 spiro atoms. The molecular formula is C6H6F3NO. The van der Waals surface area contributed by atoms with E-state index in [2.05, 4.69) is 0 Å². The Morgan fingerprint density at radius 1 is 1.36 bits per heavy atom. The molecule has 62 valence electrons. The van der Waals surface area contributed by atoms with Gasteiger partial charge < -0.3 is 5.73 Å². The molecular weight excluding hydrogens is 159 g/mol. The smallest absolute Gasteiger partial charge is 0.402 e.